The lowest BCUT2D eigenvalue weighted by molar-refractivity contribution is -0.135. The number of anilines is 1. The number of rotatable bonds is 3. The third-order valence-electron chi connectivity index (χ3n) is 5.97. The Bertz CT molecular complexity index is 836. The van der Waals surface area contributed by atoms with Crippen LogP contribution in [0.4, 0.5) is 5.82 Å². The molecule has 0 radical (unpaired) electrons. The number of piperidine rings is 1. The van der Waals surface area contributed by atoms with Crippen LogP contribution in [0.1, 0.15) is 26.0 Å². The SMILES string of the molecule is Cc1nc2ccccc2nc1N1CCN(CC(=O)N2CC(C)CC(C)C2)CC1. The van der Waals surface area contributed by atoms with Crippen LogP contribution in [-0.4, -0.2) is 71.5 Å². The molecule has 1 amide bonds. The van der Waals surface area contributed by atoms with Gasteiger partial charge in [0.2, 0.25) is 5.91 Å². The van der Waals surface area contributed by atoms with E-state index in [-0.39, 0.29) is 5.91 Å². The second-order valence-electron chi connectivity index (χ2n) is 8.63. The first-order valence-electron chi connectivity index (χ1n) is 10.5. The highest BCUT2D eigenvalue weighted by atomic mass is 16.2. The van der Waals surface area contributed by atoms with Gasteiger partial charge in [0.1, 0.15) is 0 Å². The number of fused-ring (bicyclic) bond motifs is 1. The van der Waals surface area contributed by atoms with Crippen LogP contribution in [0.15, 0.2) is 24.3 Å². The molecular weight excluding hydrogens is 350 g/mol. The largest absolute Gasteiger partial charge is 0.353 e. The molecule has 0 N–H and O–H groups in total. The summed E-state index contributed by atoms with van der Waals surface area (Å²) >= 11 is 0. The number of para-hydroxylation sites is 2. The molecule has 2 atom stereocenters. The van der Waals surface area contributed by atoms with E-state index in [1.807, 2.05) is 31.2 Å². The zero-order chi connectivity index (χ0) is 19.7. The maximum Gasteiger partial charge on any atom is 0.236 e. The average molecular weight is 382 g/mol. The summed E-state index contributed by atoms with van der Waals surface area (Å²) in [5.41, 5.74) is 2.85. The van der Waals surface area contributed by atoms with E-state index in [1.165, 1.54) is 6.42 Å². The van der Waals surface area contributed by atoms with Crippen molar-refractivity contribution in [2.75, 3.05) is 50.7 Å². The van der Waals surface area contributed by atoms with E-state index in [2.05, 4.69) is 28.5 Å². The average Bonchev–Trinajstić information content (AvgIpc) is 2.67. The number of piperazine rings is 1. The number of likely N-dealkylation sites (tertiary alicyclic amines) is 1. The summed E-state index contributed by atoms with van der Waals surface area (Å²) in [7, 11) is 0. The van der Waals surface area contributed by atoms with Crippen molar-refractivity contribution < 1.29 is 4.79 Å². The molecule has 1 aromatic heterocycles. The molecule has 28 heavy (non-hydrogen) atoms. The molecule has 6 nitrogen and oxygen atoms in total. The Morgan fingerprint density at radius 2 is 1.61 bits per heavy atom. The van der Waals surface area contributed by atoms with Crippen LogP contribution in [0.5, 0.6) is 0 Å². The molecule has 1 aromatic carbocycles. The van der Waals surface area contributed by atoms with E-state index in [9.17, 15) is 4.79 Å². The van der Waals surface area contributed by atoms with Crippen molar-refractivity contribution in [1.29, 1.82) is 0 Å². The number of amides is 1. The van der Waals surface area contributed by atoms with Gasteiger partial charge < -0.3 is 9.80 Å². The van der Waals surface area contributed by atoms with Crippen LogP contribution in [0.3, 0.4) is 0 Å². The van der Waals surface area contributed by atoms with Gasteiger partial charge in [-0.15, -0.1) is 0 Å². The Kier molecular flexibility index (Phi) is 5.49. The standard InChI is InChI=1S/C22H31N5O/c1-16-12-17(2)14-27(13-16)21(28)15-25-8-10-26(11-9-25)22-18(3)23-19-6-4-5-7-20(19)24-22/h4-7,16-17H,8-15H2,1-3H3. The van der Waals surface area contributed by atoms with Crippen molar-refractivity contribution in [2.45, 2.75) is 27.2 Å². The second-order valence-corrected chi connectivity index (χ2v) is 8.63. The van der Waals surface area contributed by atoms with Crippen LogP contribution in [0, 0.1) is 18.8 Å². The summed E-state index contributed by atoms with van der Waals surface area (Å²) in [4.78, 5) is 29.0. The molecule has 3 heterocycles. The lowest BCUT2D eigenvalue weighted by atomic mass is 9.92. The molecule has 2 aliphatic heterocycles. The van der Waals surface area contributed by atoms with E-state index in [1.54, 1.807) is 0 Å². The number of nitrogens with zero attached hydrogens (tertiary/aromatic N) is 5. The smallest absolute Gasteiger partial charge is 0.236 e. The molecule has 4 rings (SSSR count). The van der Waals surface area contributed by atoms with Crippen molar-refractivity contribution >= 4 is 22.8 Å². The number of hydrogen-bond acceptors (Lipinski definition) is 5. The van der Waals surface area contributed by atoms with Crippen LogP contribution in [0.2, 0.25) is 0 Å². The van der Waals surface area contributed by atoms with Crippen LogP contribution >= 0.6 is 0 Å². The van der Waals surface area contributed by atoms with Gasteiger partial charge in [-0.05, 0) is 37.3 Å². The molecule has 150 valence electrons. The number of benzene rings is 1. The minimum absolute atomic E-state index is 0.286. The second kappa shape index (κ2) is 8.03. The van der Waals surface area contributed by atoms with E-state index in [0.717, 1.165) is 61.8 Å². The fraction of sp³-hybridized carbons (Fsp3) is 0.591. The third kappa shape index (κ3) is 4.12. The van der Waals surface area contributed by atoms with Crippen molar-refractivity contribution in [3.63, 3.8) is 0 Å². The monoisotopic (exact) mass is 381 g/mol. The third-order valence-corrected chi connectivity index (χ3v) is 5.97. The molecule has 2 saturated heterocycles. The summed E-state index contributed by atoms with van der Waals surface area (Å²) in [6, 6.07) is 8.02. The number of carbonyl (C=O) groups excluding carboxylic acids is 1. The number of hydrogen-bond donors (Lipinski definition) is 0. The Labute approximate surface area is 167 Å². The highest BCUT2D eigenvalue weighted by molar-refractivity contribution is 5.78. The van der Waals surface area contributed by atoms with Gasteiger partial charge >= 0.3 is 0 Å². The van der Waals surface area contributed by atoms with Gasteiger partial charge in [0.05, 0.1) is 23.3 Å². The summed E-state index contributed by atoms with van der Waals surface area (Å²) in [5, 5.41) is 0. The summed E-state index contributed by atoms with van der Waals surface area (Å²) < 4.78 is 0. The molecule has 0 bridgehead atoms. The Morgan fingerprint density at radius 3 is 2.25 bits per heavy atom. The van der Waals surface area contributed by atoms with Crippen LogP contribution in [-0.2, 0) is 4.79 Å². The van der Waals surface area contributed by atoms with Gasteiger partial charge in [-0.25, -0.2) is 9.97 Å². The molecule has 2 fully saturated rings. The van der Waals surface area contributed by atoms with Gasteiger partial charge in [0, 0.05) is 39.3 Å². The molecule has 2 aromatic rings. The Balaban J connectivity index is 1.36. The first-order valence-corrected chi connectivity index (χ1v) is 10.5. The normalized spacial score (nSPS) is 24.0. The number of aromatic nitrogens is 2. The first-order chi connectivity index (χ1) is 13.5. The quantitative estimate of drug-likeness (QED) is 0.818. The van der Waals surface area contributed by atoms with E-state index in [0.29, 0.717) is 18.4 Å². The summed E-state index contributed by atoms with van der Waals surface area (Å²) in [6.07, 6.45) is 1.23. The van der Waals surface area contributed by atoms with Gasteiger partial charge in [-0.2, -0.15) is 0 Å². The van der Waals surface area contributed by atoms with Crippen molar-refractivity contribution in [3.05, 3.63) is 30.0 Å². The lowest BCUT2D eigenvalue weighted by Gasteiger charge is -2.38. The van der Waals surface area contributed by atoms with E-state index < -0.39 is 0 Å². The molecule has 0 aliphatic carbocycles. The van der Waals surface area contributed by atoms with Crippen LogP contribution in [0.25, 0.3) is 11.0 Å². The maximum absolute atomic E-state index is 12.8. The van der Waals surface area contributed by atoms with Crippen LogP contribution < -0.4 is 4.90 Å². The summed E-state index contributed by atoms with van der Waals surface area (Å²) in [6.45, 7) is 12.4. The van der Waals surface area contributed by atoms with E-state index in [4.69, 9.17) is 9.97 Å². The molecule has 0 saturated carbocycles. The van der Waals surface area contributed by atoms with Crippen molar-refractivity contribution in [1.82, 2.24) is 19.8 Å². The minimum atomic E-state index is 0.286. The predicted octanol–water partition coefficient (Wildman–Crippen LogP) is 2.56. The molecule has 0 spiro atoms. The van der Waals surface area contributed by atoms with Gasteiger partial charge in [-0.1, -0.05) is 26.0 Å². The highest BCUT2D eigenvalue weighted by Gasteiger charge is 2.28. The summed E-state index contributed by atoms with van der Waals surface area (Å²) in [5.74, 6) is 2.48. The first kappa shape index (κ1) is 19.1. The number of aryl methyl sites for hydroxylation is 1. The Hall–Kier alpha value is -2.21. The van der Waals surface area contributed by atoms with Crippen molar-refractivity contribution in [2.24, 2.45) is 11.8 Å². The Morgan fingerprint density at radius 1 is 1.00 bits per heavy atom. The fourth-order valence-corrected chi connectivity index (χ4v) is 4.65. The molecule has 2 aliphatic rings. The van der Waals surface area contributed by atoms with E-state index >= 15 is 0 Å². The molecule has 2 unspecified atom stereocenters. The van der Waals surface area contributed by atoms with Gasteiger partial charge in [-0.3, -0.25) is 9.69 Å². The van der Waals surface area contributed by atoms with Gasteiger partial charge in [0.25, 0.3) is 0 Å². The molecule has 6 heteroatoms. The number of carbonyl (C=O) groups is 1. The minimum Gasteiger partial charge on any atom is -0.353 e. The maximum atomic E-state index is 12.8. The lowest BCUT2D eigenvalue weighted by Crippen LogP contribution is -2.52. The van der Waals surface area contributed by atoms with Gasteiger partial charge in [0.15, 0.2) is 5.82 Å². The highest BCUT2D eigenvalue weighted by Crippen LogP contribution is 2.23. The van der Waals surface area contributed by atoms with Crippen molar-refractivity contribution in [3.8, 4) is 0 Å². The molecular formula is C22H31N5O. The zero-order valence-corrected chi connectivity index (χ0v) is 17.3. The topological polar surface area (TPSA) is 52.6 Å². The predicted molar refractivity (Wildman–Crippen MR) is 112 cm³/mol. The zero-order valence-electron chi connectivity index (χ0n) is 17.3. The fourth-order valence-electron chi connectivity index (χ4n) is 4.65.